The van der Waals surface area contributed by atoms with E-state index < -0.39 is 0 Å². The van der Waals surface area contributed by atoms with Gasteiger partial charge in [-0.1, -0.05) is 0 Å². The molecule has 0 atom stereocenters. The summed E-state index contributed by atoms with van der Waals surface area (Å²) in [6.07, 6.45) is 13.2. The van der Waals surface area contributed by atoms with Crippen LogP contribution in [-0.4, -0.2) is 0 Å². The summed E-state index contributed by atoms with van der Waals surface area (Å²) in [6, 6.07) is 0. The van der Waals surface area contributed by atoms with Crippen LogP contribution in [0.3, 0.4) is 0 Å². The van der Waals surface area contributed by atoms with Gasteiger partial charge in [0.05, 0.1) is 0 Å². The van der Waals surface area contributed by atoms with E-state index in [1.807, 2.05) is 0 Å². The molecular formula is C11H15Cl2Ti. The second-order valence-corrected chi connectivity index (χ2v) is 4.82. The van der Waals surface area contributed by atoms with Crippen molar-refractivity contribution in [2.24, 2.45) is 5.92 Å². The van der Waals surface area contributed by atoms with E-state index >= 15 is 0 Å². The Morgan fingerprint density at radius 3 is 2.21 bits per heavy atom. The van der Waals surface area contributed by atoms with E-state index in [-0.39, 0.29) is 24.8 Å². The van der Waals surface area contributed by atoms with Crippen LogP contribution in [0.4, 0.5) is 0 Å². The van der Waals surface area contributed by atoms with Crippen LogP contribution >= 0.6 is 0 Å². The van der Waals surface area contributed by atoms with Crippen molar-refractivity contribution >= 4 is 0 Å². The molecule has 0 amide bonds. The van der Waals surface area contributed by atoms with Crippen molar-refractivity contribution in [2.45, 2.75) is 38.5 Å². The maximum absolute atomic E-state index is 2.37. The Hall–Kier alpha value is 0.774. The molecule has 1 saturated carbocycles. The van der Waals surface area contributed by atoms with Crippen LogP contribution < -0.4 is 24.8 Å². The average molecular weight is 266 g/mol. The summed E-state index contributed by atoms with van der Waals surface area (Å²) in [5.41, 5.74) is 1.68. The van der Waals surface area contributed by atoms with Gasteiger partial charge in [-0.2, -0.15) is 0 Å². The molecule has 0 aliphatic heterocycles. The fourth-order valence-electron chi connectivity index (χ4n) is 2.32. The zero-order valence-corrected chi connectivity index (χ0v) is 11.3. The molecule has 2 aliphatic rings. The van der Waals surface area contributed by atoms with Gasteiger partial charge in [-0.25, -0.2) is 0 Å². The first-order chi connectivity index (χ1) is 5.88. The molecule has 0 spiro atoms. The number of hydrogen-bond donors (Lipinski definition) is 0. The van der Waals surface area contributed by atoms with Crippen LogP contribution in [0.1, 0.15) is 38.5 Å². The summed E-state index contributed by atoms with van der Waals surface area (Å²) >= 11 is 2.30. The summed E-state index contributed by atoms with van der Waals surface area (Å²) in [7, 11) is 0. The van der Waals surface area contributed by atoms with E-state index in [2.05, 4.69) is 32.6 Å². The van der Waals surface area contributed by atoms with Gasteiger partial charge in [0, 0.05) is 0 Å². The summed E-state index contributed by atoms with van der Waals surface area (Å²) in [6.45, 7) is 0. The van der Waals surface area contributed by atoms with Crippen LogP contribution in [0.15, 0.2) is 21.6 Å². The minimum absolute atomic E-state index is 0. The molecule has 0 aromatic rings. The Kier molecular flexibility index (Phi) is 7.51. The zero-order chi connectivity index (χ0) is 8.39. The van der Waals surface area contributed by atoms with Crippen molar-refractivity contribution in [3.8, 4) is 0 Å². The van der Waals surface area contributed by atoms with Gasteiger partial charge in [0.2, 0.25) is 0 Å². The number of hydrogen-bond acceptors (Lipinski definition) is 0. The van der Waals surface area contributed by atoms with Gasteiger partial charge in [-0.05, 0) is 0 Å². The van der Waals surface area contributed by atoms with Gasteiger partial charge in [0.15, 0.2) is 0 Å². The first-order valence-electron chi connectivity index (χ1n) is 4.99. The molecular weight excluding hydrogens is 251 g/mol. The van der Waals surface area contributed by atoms with Gasteiger partial charge in [-0.15, -0.1) is 0 Å². The van der Waals surface area contributed by atoms with Crippen molar-refractivity contribution in [1.29, 1.82) is 0 Å². The Balaban J connectivity index is 0.000000845. The van der Waals surface area contributed by atoms with E-state index in [9.17, 15) is 0 Å². The van der Waals surface area contributed by atoms with Gasteiger partial charge >= 0.3 is 86.5 Å². The minimum atomic E-state index is 0. The SMILES string of the molecule is [Cl-].[Cl-].[Ti+2][C]1=C(C2CCCCC2)C=CC1. The fraction of sp³-hybridized carbons (Fsp3) is 0.636. The monoisotopic (exact) mass is 265 g/mol. The maximum atomic E-state index is 2.37. The van der Waals surface area contributed by atoms with Crippen molar-refractivity contribution in [3.05, 3.63) is 21.6 Å². The Labute approximate surface area is 111 Å². The molecule has 0 heterocycles. The second kappa shape index (κ2) is 7.11. The Morgan fingerprint density at radius 1 is 1.07 bits per heavy atom. The van der Waals surface area contributed by atoms with E-state index in [4.69, 9.17) is 0 Å². The van der Waals surface area contributed by atoms with Gasteiger partial charge in [0.25, 0.3) is 0 Å². The Bertz CT molecular complexity index is 227. The quantitative estimate of drug-likeness (QED) is 0.454. The van der Waals surface area contributed by atoms with Crippen LogP contribution in [0.25, 0.3) is 0 Å². The van der Waals surface area contributed by atoms with Crippen molar-refractivity contribution < 1.29 is 45.2 Å². The van der Waals surface area contributed by atoms with E-state index in [0.29, 0.717) is 0 Å². The van der Waals surface area contributed by atoms with E-state index in [1.54, 1.807) is 9.45 Å². The molecule has 0 aromatic carbocycles. The second-order valence-electron chi connectivity index (χ2n) is 3.88. The van der Waals surface area contributed by atoms with Crippen LogP contribution in [0.2, 0.25) is 0 Å². The first kappa shape index (κ1) is 14.8. The topological polar surface area (TPSA) is 0 Å². The van der Waals surface area contributed by atoms with Gasteiger partial charge < -0.3 is 24.8 Å². The van der Waals surface area contributed by atoms with Gasteiger partial charge in [-0.3, -0.25) is 0 Å². The van der Waals surface area contributed by atoms with Crippen molar-refractivity contribution in [2.75, 3.05) is 0 Å². The molecule has 2 rings (SSSR count). The molecule has 2 aliphatic carbocycles. The molecule has 14 heavy (non-hydrogen) atoms. The van der Waals surface area contributed by atoms with Crippen LogP contribution in [-0.2, 0) is 20.4 Å². The predicted octanol–water partition coefficient (Wildman–Crippen LogP) is -2.66. The zero-order valence-electron chi connectivity index (χ0n) is 8.23. The molecule has 0 unspecified atom stereocenters. The molecule has 0 nitrogen and oxygen atoms in total. The third-order valence-electron chi connectivity index (χ3n) is 3.01. The molecule has 1 fully saturated rings. The normalized spacial score (nSPS) is 21.9. The average Bonchev–Trinajstić information content (AvgIpc) is 2.53. The molecule has 0 radical (unpaired) electrons. The summed E-state index contributed by atoms with van der Waals surface area (Å²) < 4.78 is 1.63. The third-order valence-corrected chi connectivity index (χ3v) is 3.78. The molecule has 0 bridgehead atoms. The summed E-state index contributed by atoms with van der Waals surface area (Å²) in [4.78, 5) is 0. The van der Waals surface area contributed by atoms with E-state index in [1.165, 1.54) is 38.5 Å². The van der Waals surface area contributed by atoms with Crippen LogP contribution in [0.5, 0.6) is 0 Å². The van der Waals surface area contributed by atoms with Gasteiger partial charge in [0.1, 0.15) is 0 Å². The third kappa shape index (κ3) is 3.41. The summed E-state index contributed by atoms with van der Waals surface area (Å²) in [5, 5.41) is 0. The Morgan fingerprint density at radius 2 is 1.71 bits per heavy atom. The van der Waals surface area contributed by atoms with Crippen molar-refractivity contribution in [1.82, 2.24) is 0 Å². The van der Waals surface area contributed by atoms with Crippen LogP contribution in [0, 0.1) is 5.92 Å². The fourth-order valence-corrected chi connectivity index (χ4v) is 2.95. The molecule has 0 saturated heterocycles. The predicted molar refractivity (Wildman–Crippen MR) is 47.4 cm³/mol. The molecule has 0 aromatic heterocycles. The standard InChI is InChI=1S/C11H15.2ClH.Ti/c1-2-6-10(7-3-1)11-8-4-5-9-11;;;/h4,8,10H,1-3,5-7H2;2*1H;/q;;;+2/p-2. The molecule has 3 heteroatoms. The van der Waals surface area contributed by atoms with E-state index in [0.717, 1.165) is 5.92 Å². The number of halogens is 2. The number of rotatable bonds is 1. The molecule has 0 N–H and O–H groups in total. The summed E-state index contributed by atoms with van der Waals surface area (Å²) in [5.74, 6) is 0.914. The number of allylic oxidation sites excluding steroid dienone is 4. The molecule has 77 valence electrons. The first-order valence-corrected chi connectivity index (χ1v) is 5.77. The van der Waals surface area contributed by atoms with Crippen molar-refractivity contribution in [3.63, 3.8) is 0 Å².